The fourth-order valence-electron chi connectivity index (χ4n) is 2.44. The van der Waals surface area contributed by atoms with E-state index in [1.54, 1.807) is 13.0 Å². The number of aromatic nitrogens is 1. The van der Waals surface area contributed by atoms with Crippen molar-refractivity contribution in [1.29, 1.82) is 0 Å². The highest BCUT2D eigenvalue weighted by atomic mass is 127. The molecule has 28 heavy (non-hydrogen) atoms. The molecule has 3 rings (SSSR count). The largest absolute Gasteiger partial charge is 0.349 e. The molecule has 148 valence electrons. The van der Waals surface area contributed by atoms with Crippen LogP contribution in [0.2, 0.25) is 0 Å². The summed E-state index contributed by atoms with van der Waals surface area (Å²) in [5, 5.41) is 2.98. The number of rotatable bonds is 5. The number of hydrogen-bond donors (Lipinski definition) is 2. The number of aryl methyl sites for hydroxylation is 2. The molecule has 0 atom stereocenters. The lowest BCUT2D eigenvalue weighted by Crippen LogP contribution is -2.15. The molecule has 1 heterocycles. The number of nitrogens with zero attached hydrogens (tertiary/aromatic N) is 1. The highest BCUT2D eigenvalue weighted by Gasteiger charge is 2.24. The average Bonchev–Trinajstić information content (AvgIpc) is 2.95. The molecule has 0 amide bonds. The van der Waals surface area contributed by atoms with Crippen molar-refractivity contribution in [3.63, 3.8) is 0 Å². The summed E-state index contributed by atoms with van der Waals surface area (Å²) < 4.78 is 70.5. The van der Waals surface area contributed by atoms with Crippen molar-refractivity contribution in [1.82, 2.24) is 4.98 Å². The number of nitrogens with one attached hydrogen (secondary N) is 2. The molecule has 0 aliphatic carbocycles. The highest BCUT2D eigenvalue weighted by molar-refractivity contribution is 14.1. The van der Waals surface area contributed by atoms with E-state index in [0.29, 0.717) is 8.58 Å². The molecule has 0 saturated heterocycles. The molecule has 3 aromatic rings. The molecule has 11 heteroatoms. The van der Waals surface area contributed by atoms with Crippen LogP contribution in [-0.4, -0.2) is 13.4 Å². The molecule has 0 saturated carbocycles. The molecule has 2 aromatic carbocycles. The fraction of sp³-hybridized carbons (Fsp3) is 0.118. The maximum Gasteiger partial charge on any atom is 0.273 e. The van der Waals surface area contributed by atoms with E-state index in [4.69, 9.17) is 0 Å². The summed E-state index contributed by atoms with van der Waals surface area (Å²) in [6, 6.07) is 5.96. The van der Waals surface area contributed by atoms with Crippen molar-refractivity contribution < 1.29 is 21.6 Å². The number of hydrogen-bond acceptors (Lipinski definition) is 5. The van der Waals surface area contributed by atoms with Crippen LogP contribution in [0.4, 0.5) is 30.2 Å². The van der Waals surface area contributed by atoms with Crippen LogP contribution in [0, 0.1) is 34.9 Å². The molecule has 0 aliphatic heterocycles. The SMILES string of the molecule is Cc1nc(C)c(S(=O)(=O)Nc2ccc(F)c(F)c2Nc2ccc(I)cc2F)s1. The van der Waals surface area contributed by atoms with Gasteiger partial charge < -0.3 is 5.32 Å². The van der Waals surface area contributed by atoms with E-state index < -0.39 is 33.2 Å². The highest BCUT2D eigenvalue weighted by Crippen LogP contribution is 2.34. The van der Waals surface area contributed by atoms with Crippen molar-refractivity contribution in [3.8, 4) is 0 Å². The summed E-state index contributed by atoms with van der Waals surface area (Å²) in [5.74, 6) is -3.24. The molecule has 0 spiro atoms. The Kier molecular flexibility index (Phi) is 5.87. The molecule has 1 aromatic heterocycles. The van der Waals surface area contributed by atoms with Crippen LogP contribution < -0.4 is 10.0 Å². The number of anilines is 3. The van der Waals surface area contributed by atoms with Crippen molar-refractivity contribution >= 4 is 61.0 Å². The lowest BCUT2D eigenvalue weighted by molar-refractivity contribution is 0.512. The van der Waals surface area contributed by atoms with Crippen LogP contribution in [-0.2, 0) is 10.0 Å². The normalized spacial score (nSPS) is 11.5. The summed E-state index contributed by atoms with van der Waals surface area (Å²) in [6.07, 6.45) is 0. The van der Waals surface area contributed by atoms with Crippen LogP contribution in [0.3, 0.4) is 0 Å². The number of sulfonamides is 1. The van der Waals surface area contributed by atoms with Gasteiger partial charge in [-0.25, -0.2) is 26.6 Å². The summed E-state index contributed by atoms with van der Waals surface area (Å²) in [5.41, 5.74) is -0.629. The Labute approximate surface area is 177 Å². The second-order valence-electron chi connectivity index (χ2n) is 5.74. The standard InChI is InChI=1S/C17H13F3IN3O2S2/c1-8-17(27-9(2)22-8)28(25,26)24-14-6-4-11(18)15(20)16(14)23-13-5-3-10(21)7-12(13)19/h3-7,23-24H,1-2H3. The van der Waals surface area contributed by atoms with Crippen LogP contribution in [0.1, 0.15) is 10.7 Å². The molecule has 0 fully saturated rings. The first-order valence-corrected chi connectivity index (χ1v) is 11.1. The maximum absolute atomic E-state index is 14.4. The maximum atomic E-state index is 14.4. The number of thiazole rings is 1. The van der Waals surface area contributed by atoms with Crippen LogP contribution in [0.25, 0.3) is 0 Å². The zero-order valence-electron chi connectivity index (χ0n) is 14.5. The van der Waals surface area contributed by atoms with E-state index in [1.165, 1.54) is 19.1 Å². The van der Waals surface area contributed by atoms with Gasteiger partial charge in [0, 0.05) is 3.57 Å². The summed E-state index contributed by atoms with van der Waals surface area (Å²) in [6.45, 7) is 3.18. The number of benzene rings is 2. The third kappa shape index (κ3) is 4.25. The average molecular weight is 539 g/mol. The fourth-order valence-corrected chi connectivity index (χ4v) is 5.45. The zero-order chi connectivity index (χ0) is 20.6. The molecular formula is C17H13F3IN3O2S2. The van der Waals surface area contributed by atoms with Crippen molar-refractivity contribution in [3.05, 3.63) is 62.1 Å². The first-order chi connectivity index (χ1) is 13.1. The summed E-state index contributed by atoms with van der Waals surface area (Å²) in [7, 11) is -4.10. The van der Waals surface area contributed by atoms with E-state index >= 15 is 0 Å². The van der Waals surface area contributed by atoms with Crippen molar-refractivity contribution in [2.75, 3.05) is 10.0 Å². The zero-order valence-corrected chi connectivity index (χ0v) is 18.3. The van der Waals surface area contributed by atoms with Gasteiger partial charge in [0.1, 0.15) is 11.5 Å². The van der Waals surface area contributed by atoms with Crippen LogP contribution in [0.15, 0.2) is 34.5 Å². The third-order valence-corrected chi connectivity index (χ3v) is 7.35. The Morgan fingerprint density at radius 2 is 1.71 bits per heavy atom. The van der Waals surface area contributed by atoms with Gasteiger partial charge in [-0.15, -0.1) is 11.3 Å². The van der Waals surface area contributed by atoms with E-state index in [9.17, 15) is 21.6 Å². The molecule has 0 radical (unpaired) electrons. The molecule has 2 N–H and O–H groups in total. The minimum Gasteiger partial charge on any atom is -0.349 e. The number of halogens is 4. The van der Waals surface area contributed by atoms with E-state index in [0.717, 1.165) is 23.5 Å². The first-order valence-electron chi connectivity index (χ1n) is 7.75. The van der Waals surface area contributed by atoms with Crippen molar-refractivity contribution in [2.24, 2.45) is 0 Å². The van der Waals surface area contributed by atoms with E-state index in [2.05, 4.69) is 15.0 Å². The van der Waals surface area contributed by atoms with E-state index in [1.807, 2.05) is 22.6 Å². The Balaban J connectivity index is 2.04. The predicted molar refractivity (Wildman–Crippen MR) is 111 cm³/mol. The van der Waals surface area contributed by atoms with Gasteiger partial charge in [-0.3, -0.25) is 4.72 Å². The monoisotopic (exact) mass is 539 g/mol. The predicted octanol–water partition coefficient (Wildman–Crippen LogP) is 5.33. The Bertz CT molecular complexity index is 1170. The van der Waals surface area contributed by atoms with Crippen molar-refractivity contribution in [2.45, 2.75) is 18.1 Å². The Morgan fingerprint density at radius 3 is 2.32 bits per heavy atom. The van der Waals surface area contributed by atoms with Gasteiger partial charge >= 0.3 is 0 Å². The van der Waals surface area contributed by atoms with Gasteiger partial charge in [0.2, 0.25) is 0 Å². The topological polar surface area (TPSA) is 71.1 Å². The van der Waals surface area contributed by atoms with Crippen LogP contribution in [0.5, 0.6) is 0 Å². The Morgan fingerprint density at radius 1 is 1.04 bits per heavy atom. The molecule has 0 aliphatic rings. The molecule has 0 unspecified atom stereocenters. The van der Waals surface area contributed by atoms with Gasteiger partial charge in [-0.2, -0.15) is 0 Å². The van der Waals surface area contributed by atoms with Gasteiger partial charge in [0.15, 0.2) is 15.8 Å². The second kappa shape index (κ2) is 7.87. The third-order valence-electron chi connectivity index (χ3n) is 3.64. The smallest absolute Gasteiger partial charge is 0.273 e. The van der Waals surface area contributed by atoms with Gasteiger partial charge in [0.05, 0.1) is 22.1 Å². The van der Waals surface area contributed by atoms with Gasteiger partial charge in [0.25, 0.3) is 10.0 Å². The molecule has 5 nitrogen and oxygen atoms in total. The summed E-state index contributed by atoms with van der Waals surface area (Å²) in [4.78, 5) is 4.06. The van der Waals surface area contributed by atoms with Gasteiger partial charge in [-0.05, 0) is 66.8 Å². The molecular weight excluding hydrogens is 526 g/mol. The van der Waals surface area contributed by atoms with Gasteiger partial charge in [-0.1, -0.05) is 0 Å². The lowest BCUT2D eigenvalue weighted by atomic mass is 10.2. The first kappa shape index (κ1) is 20.9. The second-order valence-corrected chi connectivity index (χ2v) is 10.1. The summed E-state index contributed by atoms with van der Waals surface area (Å²) >= 11 is 2.85. The lowest BCUT2D eigenvalue weighted by Gasteiger charge is -2.15. The Hall–Kier alpha value is -1.86. The quantitative estimate of drug-likeness (QED) is 0.431. The minimum absolute atomic E-state index is 0.0406. The van der Waals surface area contributed by atoms with Crippen LogP contribution >= 0.6 is 33.9 Å². The van der Waals surface area contributed by atoms with E-state index in [-0.39, 0.29) is 21.3 Å². The molecule has 0 bridgehead atoms. The minimum atomic E-state index is -4.10.